The van der Waals surface area contributed by atoms with E-state index in [0.29, 0.717) is 6.04 Å². The van der Waals surface area contributed by atoms with Crippen LogP contribution >= 0.6 is 11.3 Å². The first kappa shape index (κ1) is 14.7. The molecule has 0 unspecified atom stereocenters. The molecule has 0 fully saturated rings. The van der Waals surface area contributed by atoms with Crippen molar-refractivity contribution in [2.45, 2.75) is 38.3 Å². The van der Waals surface area contributed by atoms with Crippen molar-refractivity contribution in [1.29, 1.82) is 0 Å². The van der Waals surface area contributed by atoms with Crippen LogP contribution < -0.4 is 0 Å². The highest BCUT2D eigenvalue weighted by molar-refractivity contribution is 7.07. The summed E-state index contributed by atoms with van der Waals surface area (Å²) in [5.41, 5.74) is 5.99. The van der Waals surface area contributed by atoms with Crippen LogP contribution in [0.3, 0.4) is 0 Å². The molecule has 0 radical (unpaired) electrons. The molecule has 0 saturated heterocycles. The zero-order chi connectivity index (χ0) is 14.5. The SMILES string of the molecule is OCCCN(Cc1cscn1)[C@@H]1CCCc2ccccc21. The Morgan fingerprint density at radius 2 is 2.24 bits per heavy atom. The molecule has 1 aliphatic carbocycles. The monoisotopic (exact) mass is 302 g/mol. The average molecular weight is 302 g/mol. The van der Waals surface area contributed by atoms with Crippen molar-refractivity contribution in [3.8, 4) is 0 Å². The first-order valence-corrected chi connectivity index (χ1v) is 8.62. The predicted molar refractivity (Wildman–Crippen MR) is 86.3 cm³/mol. The van der Waals surface area contributed by atoms with Gasteiger partial charge in [-0.15, -0.1) is 11.3 Å². The van der Waals surface area contributed by atoms with E-state index in [9.17, 15) is 5.11 Å². The van der Waals surface area contributed by atoms with Crippen molar-refractivity contribution < 1.29 is 5.11 Å². The molecular formula is C17H22N2OS. The number of aliphatic hydroxyl groups excluding tert-OH is 1. The van der Waals surface area contributed by atoms with Gasteiger partial charge < -0.3 is 5.11 Å². The van der Waals surface area contributed by atoms with Crippen molar-refractivity contribution in [3.63, 3.8) is 0 Å². The van der Waals surface area contributed by atoms with Crippen molar-refractivity contribution in [1.82, 2.24) is 9.88 Å². The first-order valence-electron chi connectivity index (χ1n) is 7.68. The second kappa shape index (κ2) is 7.16. The lowest BCUT2D eigenvalue weighted by molar-refractivity contribution is 0.150. The maximum atomic E-state index is 9.19. The van der Waals surface area contributed by atoms with Gasteiger partial charge >= 0.3 is 0 Å². The van der Waals surface area contributed by atoms with Gasteiger partial charge in [0.1, 0.15) is 0 Å². The van der Waals surface area contributed by atoms with E-state index in [1.807, 2.05) is 5.51 Å². The van der Waals surface area contributed by atoms with Gasteiger partial charge in [0.05, 0.1) is 11.2 Å². The van der Waals surface area contributed by atoms with Gasteiger partial charge in [-0.25, -0.2) is 4.98 Å². The summed E-state index contributed by atoms with van der Waals surface area (Å²) in [5, 5.41) is 11.3. The molecule has 1 aromatic heterocycles. The summed E-state index contributed by atoms with van der Waals surface area (Å²) in [6.07, 6.45) is 4.46. The lowest BCUT2D eigenvalue weighted by atomic mass is 9.86. The third-order valence-electron chi connectivity index (χ3n) is 4.23. The van der Waals surface area contributed by atoms with Crippen molar-refractivity contribution >= 4 is 11.3 Å². The van der Waals surface area contributed by atoms with E-state index < -0.39 is 0 Å². The third-order valence-corrected chi connectivity index (χ3v) is 4.87. The van der Waals surface area contributed by atoms with Gasteiger partial charge in [-0.1, -0.05) is 24.3 Å². The Labute approximate surface area is 130 Å². The van der Waals surface area contributed by atoms with Crippen LogP contribution in [0.4, 0.5) is 0 Å². The zero-order valence-corrected chi connectivity index (χ0v) is 13.1. The smallest absolute Gasteiger partial charge is 0.0795 e. The number of fused-ring (bicyclic) bond motifs is 1. The topological polar surface area (TPSA) is 36.4 Å². The molecule has 0 spiro atoms. The zero-order valence-electron chi connectivity index (χ0n) is 12.2. The number of hydrogen-bond donors (Lipinski definition) is 1. The average Bonchev–Trinajstić information content (AvgIpc) is 3.04. The maximum Gasteiger partial charge on any atom is 0.0795 e. The summed E-state index contributed by atoms with van der Waals surface area (Å²) in [4.78, 5) is 6.92. The Hall–Kier alpha value is -1.23. The Bertz CT molecular complexity index is 556. The largest absolute Gasteiger partial charge is 0.396 e. The Balaban J connectivity index is 1.82. The highest BCUT2D eigenvalue weighted by Crippen LogP contribution is 2.35. The highest BCUT2D eigenvalue weighted by Gasteiger charge is 2.25. The molecule has 3 nitrogen and oxygen atoms in total. The van der Waals surface area contributed by atoms with Crippen LogP contribution in [0, 0.1) is 0 Å². The fraction of sp³-hybridized carbons (Fsp3) is 0.471. The van der Waals surface area contributed by atoms with E-state index in [1.54, 1.807) is 11.3 Å². The van der Waals surface area contributed by atoms with Crippen LogP contribution in [-0.2, 0) is 13.0 Å². The standard InChI is InChI=1S/C17H22N2OS/c20-10-4-9-19(11-15-12-21-13-18-15)17-8-3-6-14-5-1-2-7-16(14)17/h1-2,5,7,12-13,17,20H,3-4,6,8-11H2/t17-/m1/s1. The number of nitrogens with zero attached hydrogens (tertiary/aromatic N) is 2. The molecule has 0 amide bonds. The summed E-state index contributed by atoms with van der Waals surface area (Å²) in [6, 6.07) is 9.27. The van der Waals surface area contributed by atoms with Crippen LogP contribution in [-0.4, -0.2) is 28.1 Å². The molecule has 2 aromatic rings. The minimum atomic E-state index is 0.252. The van der Waals surface area contributed by atoms with Crippen molar-refractivity contribution in [2.24, 2.45) is 0 Å². The van der Waals surface area contributed by atoms with E-state index in [-0.39, 0.29) is 6.61 Å². The number of aryl methyl sites for hydroxylation is 1. The predicted octanol–water partition coefficient (Wildman–Crippen LogP) is 3.41. The number of aliphatic hydroxyl groups is 1. The molecule has 0 bridgehead atoms. The fourth-order valence-corrected chi connectivity index (χ4v) is 3.80. The van der Waals surface area contributed by atoms with E-state index >= 15 is 0 Å². The molecule has 1 atom stereocenters. The van der Waals surface area contributed by atoms with Crippen LogP contribution in [0.15, 0.2) is 35.2 Å². The fourth-order valence-electron chi connectivity index (χ4n) is 3.25. The molecule has 0 aliphatic heterocycles. The summed E-state index contributed by atoms with van der Waals surface area (Å²) in [6.45, 7) is 2.05. The van der Waals surface area contributed by atoms with E-state index in [2.05, 4.69) is 39.5 Å². The Morgan fingerprint density at radius 3 is 3.05 bits per heavy atom. The van der Waals surface area contributed by atoms with E-state index in [1.165, 1.54) is 30.4 Å². The minimum absolute atomic E-state index is 0.252. The molecule has 21 heavy (non-hydrogen) atoms. The molecule has 1 aromatic carbocycles. The van der Waals surface area contributed by atoms with Gasteiger partial charge in [-0.3, -0.25) is 4.90 Å². The van der Waals surface area contributed by atoms with Crippen LogP contribution in [0.1, 0.15) is 42.1 Å². The van der Waals surface area contributed by atoms with E-state index in [0.717, 1.165) is 25.2 Å². The molecule has 4 heteroatoms. The van der Waals surface area contributed by atoms with Gasteiger partial charge in [0.25, 0.3) is 0 Å². The molecule has 112 valence electrons. The number of thiazole rings is 1. The van der Waals surface area contributed by atoms with Gasteiger partial charge in [-0.2, -0.15) is 0 Å². The normalized spacial score (nSPS) is 17.9. The second-order valence-corrected chi connectivity index (χ2v) is 6.35. The molecule has 0 saturated carbocycles. The van der Waals surface area contributed by atoms with Crippen molar-refractivity contribution in [3.05, 3.63) is 52.0 Å². The van der Waals surface area contributed by atoms with E-state index in [4.69, 9.17) is 0 Å². The Kier molecular flexibility index (Phi) is 5.01. The maximum absolute atomic E-state index is 9.19. The van der Waals surface area contributed by atoms with Crippen LogP contribution in [0.2, 0.25) is 0 Å². The lowest BCUT2D eigenvalue weighted by Gasteiger charge is -2.35. The molecule has 3 rings (SSSR count). The highest BCUT2D eigenvalue weighted by atomic mass is 32.1. The minimum Gasteiger partial charge on any atom is -0.396 e. The number of rotatable bonds is 6. The van der Waals surface area contributed by atoms with Gasteiger partial charge in [0.2, 0.25) is 0 Å². The van der Waals surface area contributed by atoms with Crippen molar-refractivity contribution in [2.75, 3.05) is 13.2 Å². The molecular weight excluding hydrogens is 280 g/mol. The quantitative estimate of drug-likeness (QED) is 0.888. The van der Waals surface area contributed by atoms with Gasteiger partial charge in [0, 0.05) is 31.1 Å². The molecule has 1 aliphatic rings. The van der Waals surface area contributed by atoms with Gasteiger partial charge in [0.15, 0.2) is 0 Å². The third kappa shape index (κ3) is 3.51. The second-order valence-electron chi connectivity index (χ2n) is 5.63. The van der Waals surface area contributed by atoms with Crippen LogP contribution in [0.5, 0.6) is 0 Å². The Morgan fingerprint density at radius 1 is 1.33 bits per heavy atom. The number of aromatic nitrogens is 1. The lowest BCUT2D eigenvalue weighted by Crippen LogP contribution is -2.32. The summed E-state index contributed by atoms with van der Waals surface area (Å²) in [5.74, 6) is 0. The van der Waals surface area contributed by atoms with Gasteiger partial charge in [-0.05, 0) is 36.8 Å². The first-order chi connectivity index (χ1) is 10.4. The number of hydrogen-bond acceptors (Lipinski definition) is 4. The molecule has 1 heterocycles. The summed E-state index contributed by atoms with van der Waals surface area (Å²) in [7, 11) is 0. The summed E-state index contributed by atoms with van der Waals surface area (Å²) < 4.78 is 0. The number of benzene rings is 1. The summed E-state index contributed by atoms with van der Waals surface area (Å²) >= 11 is 1.65. The van der Waals surface area contributed by atoms with Crippen LogP contribution in [0.25, 0.3) is 0 Å². The molecule has 1 N–H and O–H groups in total.